The average Bonchev–Trinajstić information content (AvgIpc) is 3.10. The molecule has 1 amide bonds. The van der Waals surface area contributed by atoms with Crippen molar-refractivity contribution in [1.29, 1.82) is 0 Å². The van der Waals surface area contributed by atoms with Gasteiger partial charge in [-0.2, -0.15) is 0 Å². The highest BCUT2D eigenvalue weighted by atomic mass is 35.5. The summed E-state index contributed by atoms with van der Waals surface area (Å²) < 4.78 is 22.2. The number of benzene rings is 2. The van der Waals surface area contributed by atoms with Gasteiger partial charge in [-0.3, -0.25) is 9.69 Å². The van der Waals surface area contributed by atoms with Crippen LogP contribution in [0.5, 0.6) is 23.0 Å². The van der Waals surface area contributed by atoms with E-state index in [1.54, 1.807) is 0 Å². The van der Waals surface area contributed by atoms with Crippen LogP contribution in [-0.4, -0.2) is 43.9 Å². The minimum Gasteiger partial charge on any atom is -0.489 e. The van der Waals surface area contributed by atoms with Crippen molar-refractivity contribution in [3.05, 3.63) is 40.9 Å². The lowest BCUT2D eigenvalue weighted by molar-refractivity contribution is -0.121. The third-order valence-corrected chi connectivity index (χ3v) is 6.15. The van der Waals surface area contributed by atoms with Crippen LogP contribution in [0.15, 0.2) is 30.3 Å². The van der Waals surface area contributed by atoms with Gasteiger partial charge < -0.3 is 24.3 Å². The van der Waals surface area contributed by atoms with Gasteiger partial charge in [-0.1, -0.05) is 11.6 Å². The topological polar surface area (TPSA) is 69.3 Å². The van der Waals surface area contributed by atoms with Gasteiger partial charge in [0.2, 0.25) is 12.7 Å². The van der Waals surface area contributed by atoms with Gasteiger partial charge in [0.1, 0.15) is 0 Å². The third-order valence-electron chi connectivity index (χ3n) is 5.87. The van der Waals surface area contributed by atoms with Crippen LogP contribution in [0.1, 0.15) is 24.8 Å². The highest BCUT2D eigenvalue weighted by molar-refractivity contribution is 6.32. The standard InChI is InChI=1S/C23H25ClN2O5/c24-18-10-15(11-21-22(18)29-9-1-8-28-21)13-26-6-4-16(5-7-26)23(27)25-17-2-3-19-20(12-17)31-14-30-19/h2-3,10-12,16H,1,4-9,13-14H2,(H,25,27). The normalized spacial score (nSPS) is 18.5. The lowest BCUT2D eigenvalue weighted by atomic mass is 9.95. The van der Waals surface area contributed by atoms with Gasteiger partial charge in [-0.25, -0.2) is 0 Å². The van der Waals surface area contributed by atoms with Gasteiger partial charge in [-0.15, -0.1) is 0 Å². The second-order valence-electron chi connectivity index (χ2n) is 8.06. The molecule has 3 aliphatic heterocycles. The molecular weight excluding hydrogens is 420 g/mol. The number of halogens is 1. The van der Waals surface area contributed by atoms with Crippen molar-refractivity contribution in [3.63, 3.8) is 0 Å². The molecule has 0 aromatic heterocycles. The predicted molar refractivity (Wildman–Crippen MR) is 116 cm³/mol. The molecule has 0 spiro atoms. The summed E-state index contributed by atoms with van der Waals surface area (Å²) >= 11 is 6.42. The van der Waals surface area contributed by atoms with Crippen molar-refractivity contribution >= 4 is 23.2 Å². The number of anilines is 1. The molecule has 1 N–H and O–H groups in total. The molecule has 0 bridgehead atoms. The first-order valence-electron chi connectivity index (χ1n) is 10.7. The Kier molecular flexibility index (Phi) is 5.78. The second kappa shape index (κ2) is 8.85. The summed E-state index contributed by atoms with van der Waals surface area (Å²) in [7, 11) is 0. The molecule has 3 heterocycles. The first-order valence-corrected chi connectivity index (χ1v) is 11.0. The molecule has 5 rings (SSSR count). The number of nitrogens with one attached hydrogen (secondary N) is 1. The molecule has 0 radical (unpaired) electrons. The highest BCUT2D eigenvalue weighted by Gasteiger charge is 2.26. The lowest BCUT2D eigenvalue weighted by Crippen LogP contribution is -2.37. The fourth-order valence-electron chi connectivity index (χ4n) is 4.21. The maximum Gasteiger partial charge on any atom is 0.231 e. The Bertz CT molecular complexity index is 975. The maximum atomic E-state index is 12.7. The first kappa shape index (κ1) is 20.3. The monoisotopic (exact) mass is 444 g/mol. The van der Waals surface area contributed by atoms with Gasteiger partial charge in [0, 0.05) is 30.6 Å². The van der Waals surface area contributed by atoms with E-state index in [2.05, 4.69) is 10.2 Å². The van der Waals surface area contributed by atoms with Crippen molar-refractivity contribution in [2.75, 3.05) is 38.4 Å². The number of rotatable bonds is 4. The summed E-state index contributed by atoms with van der Waals surface area (Å²) in [6.45, 7) is 3.95. The smallest absolute Gasteiger partial charge is 0.231 e. The lowest BCUT2D eigenvalue weighted by Gasteiger charge is -2.31. The summed E-state index contributed by atoms with van der Waals surface area (Å²) in [4.78, 5) is 15.1. The molecule has 0 unspecified atom stereocenters. The molecule has 2 aromatic rings. The van der Waals surface area contributed by atoms with Crippen molar-refractivity contribution in [2.24, 2.45) is 5.92 Å². The van der Waals surface area contributed by atoms with E-state index in [0.29, 0.717) is 35.5 Å². The minimum absolute atomic E-state index is 0.00552. The number of likely N-dealkylation sites (tertiary alicyclic amines) is 1. The van der Waals surface area contributed by atoms with Crippen LogP contribution in [0.3, 0.4) is 0 Å². The molecule has 164 valence electrons. The minimum atomic E-state index is -0.00552. The Morgan fingerprint density at radius 2 is 1.81 bits per heavy atom. The second-order valence-corrected chi connectivity index (χ2v) is 8.47. The molecule has 3 aliphatic rings. The van der Waals surface area contributed by atoms with E-state index >= 15 is 0 Å². The number of piperidine rings is 1. The summed E-state index contributed by atoms with van der Waals surface area (Å²) in [5, 5.41) is 3.60. The number of nitrogens with zero attached hydrogens (tertiary/aromatic N) is 1. The van der Waals surface area contributed by atoms with Crippen molar-refractivity contribution in [1.82, 2.24) is 4.90 Å². The zero-order chi connectivity index (χ0) is 21.2. The number of amides is 1. The number of hydrogen-bond acceptors (Lipinski definition) is 6. The number of carbonyl (C=O) groups excluding carboxylic acids is 1. The van der Waals surface area contributed by atoms with Crippen LogP contribution >= 0.6 is 11.6 Å². The molecule has 7 nitrogen and oxygen atoms in total. The zero-order valence-electron chi connectivity index (χ0n) is 17.2. The number of hydrogen-bond donors (Lipinski definition) is 1. The van der Waals surface area contributed by atoms with Crippen molar-refractivity contribution in [3.8, 4) is 23.0 Å². The van der Waals surface area contributed by atoms with Gasteiger partial charge in [0.05, 0.1) is 18.2 Å². The third kappa shape index (κ3) is 4.52. The zero-order valence-corrected chi connectivity index (χ0v) is 18.0. The van der Waals surface area contributed by atoms with Crippen LogP contribution in [0.2, 0.25) is 5.02 Å². The highest BCUT2D eigenvalue weighted by Crippen LogP contribution is 2.38. The largest absolute Gasteiger partial charge is 0.489 e. The van der Waals surface area contributed by atoms with Gasteiger partial charge in [-0.05, 0) is 55.8 Å². The Morgan fingerprint density at radius 3 is 2.68 bits per heavy atom. The predicted octanol–water partition coefficient (Wildman–Crippen LogP) is 4.08. The fourth-order valence-corrected chi connectivity index (χ4v) is 4.49. The fraction of sp³-hybridized carbons (Fsp3) is 0.435. The van der Waals surface area contributed by atoms with E-state index in [-0.39, 0.29) is 18.6 Å². The van der Waals surface area contributed by atoms with E-state index in [0.717, 1.165) is 55.9 Å². The molecule has 1 fully saturated rings. The molecular formula is C23H25ClN2O5. The Morgan fingerprint density at radius 1 is 1.00 bits per heavy atom. The quantitative estimate of drug-likeness (QED) is 0.766. The van der Waals surface area contributed by atoms with Crippen LogP contribution in [0, 0.1) is 5.92 Å². The van der Waals surface area contributed by atoms with E-state index in [9.17, 15) is 4.79 Å². The summed E-state index contributed by atoms with van der Waals surface area (Å²) in [5.74, 6) is 2.79. The van der Waals surface area contributed by atoms with Gasteiger partial charge in [0.25, 0.3) is 0 Å². The van der Waals surface area contributed by atoms with Crippen LogP contribution in [-0.2, 0) is 11.3 Å². The Balaban J connectivity index is 1.16. The molecule has 2 aromatic carbocycles. The van der Waals surface area contributed by atoms with Gasteiger partial charge in [0.15, 0.2) is 23.0 Å². The molecule has 1 saturated heterocycles. The van der Waals surface area contributed by atoms with Crippen LogP contribution < -0.4 is 24.3 Å². The Hall–Kier alpha value is -2.64. The summed E-state index contributed by atoms with van der Waals surface area (Å²) in [5.41, 5.74) is 1.83. The van der Waals surface area contributed by atoms with Crippen LogP contribution in [0.4, 0.5) is 5.69 Å². The summed E-state index contributed by atoms with van der Waals surface area (Å²) in [6.07, 6.45) is 2.48. The number of fused-ring (bicyclic) bond motifs is 2. The molecule has 0 atom stereocenters. The molecule has 8 heteroatoms. The number of carbonyl (C=O) groups is 1. The summed E-state index contributed by atoms with van der Waals surface area (Å²) in [6, 6.07) is 9.44. The molecule has 0 aliphatic carbocycles. The van der Waals surface area contributed by atoms with Crippen LogP contribution in [0.25, 0.3) is 0 Å². The van der Waals surface area contributed by atoms with Crippen molar-refractivity contribution < 1.29 is 23.7 Å². The van der Waals surface area contributed by atoms with E-state index in [1.807, 2.05) is 30.3 Å². The van der Waals surface area contributed by atoms with E-state index < -0.39 is 0 Å². The maximum absolute atomic E-state index is 12.7. The first-order chi connectivity index (χ1) is 15.2. The molecule has 0 saturated carbocycles. The van der Waals surface area contributed by atoms with Gasteiger partial charge >= 0.3 is 0 Å². The van der Waals surface area contributed by atoms with Crippen molar-refractivity contribution in [2.45, 2.75) is 25.8 Å². The van der Waals surface area contributed by atoms with E-state index in [4.69, 9.17) is 30.5 Å². The molecule has 31 heavy (non-hydrogen) atoms. The van der Waals surface area contributed by atoms with E-state index in [1.165, 1.54) is 0 Å². The number of ether oxygens (including phenoxy) is 4. The average molecular weight is 445 g/mol. The SMILES string of the molecule is O=C(Nc1ccc2c(c1)OCO2)C1CCN(Cc2cc(Cl)c3c(c2)OCCCO3)CC1. The Labute approximate surface area is 186 Å².